The fourth-order valence-electron chi connectivity index (χ4n) is 2.68. The first-order valence-electron chi connectivity index (χ1n) is 8.60. The van der Waals surface area contributed by atoms with Crippen molar-refractivity contribution in [2.24, 2.45) is 0 Å². The van der Waals surface area contributed by atoms with Gasteiger partial charge in [0.1, 0.15) is 11.4 Å². The summed E-state index contributed by atoms with van der Waals surface area (Å²) in [6.45, 7) is 1.17. The van der Waals surface area contributed by atoms with Crippen LogP contribution in [0.15, 0.2) is 54.7 Å². The molecule has 8 heteroatoms. The highest BCUT2D eigenvalue weighted by Crippen LogP contribution is 2.16. The molecule has 0 unspecified atom stereocenters. The van der Waals surface area contributed by atoms with Gasteiger partial charge >= 0.3 is 11.9 Å². The number of nitrogens with zero attached hydrogens (tertiary/aromatic N) is 2. The molecular weight excluding hydrogens is 379 g/mol. The number of aromatic nitrogens is 2. The average molecular weight is 396 g/mol. The van der Waals surface area contributed by atoms with Gasteiger partial charge in [-0.25, -0.2) is 18.7 Å². The number of methoxy groups -OCH3 is 1. The van der Waals surface area contributed by atoms with Crippen LogP contribution in [0.5, 0.6) is 0 Å². The van der Waals surface area contributed by atoms with Gasteiger partial charge in [-0.05, 0) is 43.3 Å². The van der Waals surface area contributed by atoms with E-state index in [1.54, 1.807) is 6.92 Å². The van der Waals surface area contributed by atoms with E-state index in [1.807, 2.05) is 0 Å². The van der Waals surface area contributed by atoms with Gasteiger partial charge in [0.2, 0.25) is 0 Å². The van der Waals surface area contributed by atoms with Crippen LogP contribution in [0.4, 0.5) is 4.39 Å². The van der Waals surface area contributed by atoms with Crippen LogP contribution in [-0.4, -0.2) is 41.2 Å². The molecule has 0 fully saturated rings. The molecule has 0 saturated heterocycles. The Balaban J connectivity index is 1.69. The quantitative estimate of drug-likeness (QED) is 0.470. The zero-order valence-electron chi connectivity index (χ0n) is 15.7. The molecule has 3 rings (SSSR count). The van der Waals surface area contributed by atoms with Crippen LogP contribution in [0.25, 0.3) is 5.69 Å². The number of benzene rings is 2. The summed E-state index contributed by atoms with van der Waals surface area (Å²) in [5.41, 5.74) is 1.70. The SMILES string of the molecule is COC(=O)c1cccc(C(=O)COC(=O)c2cnn(-c3ccc(F)cc3)c2C)c1. The maximum Gasteiger partial charge on any atom is 0.342 e. The van der Waals surface area contributed by atoms with Gasteiger partial charge in [-0.2, -0.15) is 5.10 Å². The number of carbonyl (C=O) groups excluding carboxylic acids is 3. The van der Waals surface area contributed by atoms with Crippen molar-refractivity contribution in [3.8, 4) is 5.69 Å². The van der Waals surface area contributed by atoms with Gasteiger partial charge < -0.3 is 9.47 Å². The number of rotatable bonds is 6. The molecule has 0 spiro atoms. The first-order chi connectivity index (χ1) is 13.9. The topological polar surface area (TPSA) is 87.5 Å². The molecule has 3 aromatic rings. The molecule has 1 aromatic heterocycles. The van der Waals surface area contributed by atoms with E-state index in [-0.39, 0.29) is 22.5 Å². The van der Waals surface area contributed by atoms with E-state index in [0.717, 1.165) is 0 Å². The lowest BCUT2D eigenvalue weighted by atomic mass is 10.1. The third-order valence-electron chi connectivity index (χ3n) is 4.24. The number of halogens is 1. The van der Waals surface area contributed by atoms with Crippen LogP contribution in [-0.2, 0) is 9.47 Å². The monoisotopic (exact) mass is 396 g/mol. The third kappa shape index (κ3) is 4.37. The third-order valence-corrected chi connectivity index (χ3v) is 4.24. The summed E-state index contributed by atoms with van der Waals surface area (Å²) in [5, 5.41) is 4.12. The second kappa shape index (κ2) is 8.47. The van der Waals surface area contributed by atoms with Crippen molar-refractivity contribution >= 4 is 17.7 Å². The second-order valence-corrected chi connectivity index (χ2v) is 6.10. The van der Waals surface area contributed by atoms with E-state index in [1.165, 1.54) is 66.5 Å². The molecule has 7 nitrogen and oxygen atoms in total. The molecule has 0 saturated carbocycles. The lowest BCUT2D eigenvalue weighted by molar-refractivity contribution is 0.0473. The van der Waals surface area contributed by atoms with Crippen LogP contribution >= 0.6 is 0 Å². The van der Waals surface area contributed by atoms with Crippen molar-refractivity contribution in [2.75, 3.05) is 13.7 Å². The lowest BCUT2D eigenvalue weighted by Crippen LogP contribution is -2.15. The predicted octanol–water partition coefficient (Wildman–Crippen LogP) is 3.15. The zero-order valence-corrected chi connectivity index (χ0v) is 15.7. The Morgan fingerprint density at radius 1 is 1.03 bits per heavy atom. The molecule has 0 bridgehead atoms. The summed E-state index contributed by atoms with van der Waals surface area (Å²) >= 11 is 0. The van der Waals surface area contributed by atoms with Crippen LogP contribution in [0.1, 0.15) is 36.8 Å². The Kier molecular flexibility index (Phi) is 5.82. The Morgan fingerprint density at radius 3 is 2.41 bits per heavy atom. The van der Waals surface area contributed by atoms with Gasteiger partial charge in [0.15, 0.2) is 12.4 Å². The first-order valence-corrected chi connectivity index (χ1v) is 8.60. The number of carbonyl (C=O) groups is 3. The summed E-state index contributed by atoms with van der Waals surface area (Å²) in [5.74, 6) is -2.13. The van der Waals surface area contributed by atoms with E-state index in [4.69, 9.17) is 4.74 Å². The molecule has 0 radical (unpaired) electrons. The van der Waals surface area contributed by atoms with Gasteiger partial charge in [-0.15, -0.1) is 0 Å². The number of ether oxygens (including phenoxy) is 2. The highest BCUT2D eigenvalue weighted by atomic mass is 19.1. The van der Waals surface area contributed by atoms with Gasteiger partial charge in [0, 0.05) is 5.56 Å². The van der Waals surface area contributed by atoms with Gasteiger partial charge in [0.25, 0.3) is 0 Å². The maximum atomic E-state index is 13.1. The smallest absolute Gasteiger partial charge is 0.342 e. The minimum absolute atomic E-state index is 0.186. The van der Waals surface area contributed by atoms with Crippen LogP contribution in [0.2, 0.25) is 0 Å². The standard InChI is InChI=1S/C21H17FN2O5/c1-13-18(11-23-24(13)17-8-6-16(22)7-9-17)21(27)29-12-19(25)14-4-3-5-15(10-14)20(26)28-2/h3-11H,12H2,1-2H3. The molecule has 0 N–H and O–H groups in total. The fraction of sp³-hybridized carbons (Fsp3) is 0.143. The van der Waals surface area contributed by atoms with E-state index in [0.29, 0.717) is 11.4 Å². The Hall–Kier alpha value is -3.81. The highest BCUT2D eigenvalue weighted by Gasteiger charge is 2.19. The Bertz CT molecular complexity index is 1070. The van der Waals surface area contributed by atoms with E-state index < -0.39 is 24.3 Å². The van der Waals surface area contributed by atoms with Gasteiger partial charge in [-0.3, -0.25) is 4.79 Å². The molecule has 0 aliphatic heterocycles. The molecule has 1 heterocycles. The van der Waals surface area contributed by atoms with Crippen molar-refractivity contribution in [3.05, 3.63) is 82.9 Å². The molecular formula is C21H17FN2O5. The largest absolute Gasteiger partial charge is 0.465 e. The van der Waals surface area contributed by atoms with E-state index in [2.05, 4.69) is 9.84 Å². The molecule has 0 aliphatic rings. The lowest BCUT2D eigenvalue weighted by Gasteiger charge is -2.07. The summed E-state index contributed by atoms with van der Waals surface area (Å²) < 4.78 is 24.3. The minimum Gasteiger partial charge on any atom is -0.465 e. The average Bonchev–Trinajstić information content (AvgIpc) is 3.13. The van der Waals surface area contributed by atoms with Gasteiger partial charge in [-0.1, -0.05) is 12.1 Å². The maximum absolute atomic E-state index is 13.1. The molecule has 29 heavy (non-hydrogen) atoms. The molecule has 2 aromatic carbocycles. The van der Waals surface area contributed by atoms with Crippen molar-refractivity contribution in [1.29, 1.82) is 0 Å². The van der Waals surface area contributed by atoms with Crippen molar-refractivity contribution in [1.82, 2.24) is 9.78 Å². The minimum atomic E-state index is -0.715. The highest BCUT2D eigenvalue weighted by molar-refractivity contribution is 6.01. The molecule has 0 aliphatic carbocycles. The normalized spacial score (nSPS) is 10.4. The van der Waals surface area contributed by atoms with Crippen molar-refractivity contribution in [3.63, 3.8) is 0 Å². The summed E-state index contributed by atoms with van der Waals surface area (Å²) in [6.07, 6.45) is 1.32. The van der Waals surface area contributed by atoms with Crippen molar-refractivity contribution in [2.45, 2.75) is 6.92 Å². The van der Waals surface area contributed by atoms with Crippen LogP contribution < -0.4 is 0 Å². The first kappa shape index (κ1) is 19.9. The Labute approximate surface area is 165 Å². The van der Waals surface area contributed by atoms with Crippen LogP contribution in [0, 0.1) is 12.7 Å². The molecule has 0 amide bonds. The number of ketones is 1. The summed E-state index contributed by atoms with van der Waals surface area (Å²) in [4.78, 5) is 36.2. The van der Waals surface area contributed by atoms with Crippen molar-refractivity contribution < 1.29 is 28.2 Å². The summed E-state index contributed by atoms with van der Waals surface area (Å²) in [6, 6.07) is 11.6. The predicted molar refractivity (Wildman–Crippen MR) is 101 cm³/mol. The molecule has 0 atom stereocenters. The number of esters is 2. The van der Waals surface area contributed by atoms with E-state index in [9.17, 15) is 18.8 Å². The Morgan fingerprint density at radius 2 is 1.72 bits per heavy atom. The summed E-state index contributed by atoms with van der Waals surface area (Å²) in [7, 11) is 1.24. The number of hydrogen-bond donors (Lipinski definition) is 0. The van der Waals surface area contributed by atoms with Gasteiger partial charge in [0.05, 0.1) is 30.3 Å². The molecule has 148 valence electrons. The van der Waals surface area contributed by atoms with Crippen LogP contribution in [0.3, 0.4) is 0 Å². The fourth-order valence-corrected chi connectivity index (χ4v) is 2.68. The number of Topliss-reactive ketones (excluding diaryl/α,β-unsaturated/α-hetero) is 1. The number of hydrogen-bond acceptors (Lipinski definition) is 6. The second-order valence-electron chi connectivity index (χ2n) is 6.10. The van der Waals surface area contributed by atoms with E-state index >= 15 is 0 Å². The zero-order chi connectivity index (χ0) is 21.0.